The van der Waals surface area contributed by atoms with Crippen molar-refractivity contribution in [1.82, 2.24) is 5.32 Å². The molecule has 0 bridgehead atoms. The van der Waals surface area contributed by atoms with Crippen LogP contribution in [-0.4, -0.2) is 69.4 Å². The smallest absolute Gasteiger partial charge is 0.306 e. The van der Waals surface area contributed by atoms with E-state index in [4.69, 9.17) is 13.8 Å². The van der Waals surface area contributed by atoms with Gasteiger partial charge >= 0.3 is 5.97 Å². The SMILES string of the molecule is CC/C=C\C/C=C\C/C=C\C/C=C\C/C=C\C/C=C\CCCCCCCCC(=O)OC(/C=C\CCCCCCCCCCC)C(COP(=O)([O-])OCC[N+](C)(C)C)NC(=O)CCCCCCCCC/C=C/C=C/C=C/CC. The number of allylic oxidation sites excluding steroid dienone is 19. The maximum absolute atomic E-state index is 13.5. The fraction of sp³-hybridized carbons (Fsp3) is 0.672. The first kappa shape index (κ1) is 73.4. The van der Waals surface area contributed by atoms with Gasteiger partial charge in [-0.05, 0) is 102 Å². The minimum absolute atomic E-state index is 0.0340. The number of phosphoric acid groups is 1. The van der Waals surface area contributed by atoms with Gasteiger partial charge in [0.05, 0.1) is 33.8 Å². The lowest BCUT2D eigenvalue weighted by molar-refractivity contribution is -0.870. The van der Waals surface area contributed by atoms with Crippen LogP contribution in [0.3, 0.4) is 0 Å². The van der Waals surface area contributed by atoms with E-state index in [1.54, 1.807) is 0 Å². The van der Waals surface area contributed by atoms with Gasteiger partial charge in [0, 0.05) is 12.8 Å². The predicted octanol–water partition coefficient (Wildman–Crippen LogP) is 18.5. The molecule has 3 unspecified atom stereocenters. The summed E-state index contributed by atoms with van der Waals surface area (Å²) < 4.78 is 30.3. The van der Waals surface area contributed by atoms with Crippen LogP contribution in [0.1, 0.15) is 239 Å². The Labute approximate surface area is 473 Å². The molecule has 0 aromatic carbocycles. The van der Waals surface area contributed by atoms with Crippen LogP contribution in [0, 0.1) is 0 Å². The van der Waals surface area contributed by atoms with Crippen LogP contribution in [0.2, 0.25) is 0 Å². The Bertz CT molecular complexity index is 1730. The van der Waals surface area contributed by atoms with Crippen LogP contribution in [0.15, 0.2) is 122 Å². The van der Waals surface area contributed by atoms with Gasteiger partial charge < -0.3 is 28.5 Å². The average Bonchev–Trinajstić information content (AvgIpc) is 3.39. The Balaban J connectivity index is 5.21. The molecule has 0 aliphatic heterocycles. The van der Waals surface area contributed by atoms with E-state index in [0.29, 0.717) is 23.9 Å². The molecule has 9 nitrogen and oxygen atoms in total. The number of unbranched alkanes of at least 4 members (excludes halogenated alkanes) is 22. The Hall–Kier alpha value is -3.59. The topological polar surface area (TPSA) is 114 Å². The van der Waals surface area contributed by atoms with Crippen LogP contribution in [0.4, 0.5) is 0 Å². The summed E-state index contributed by atoms with van der Waals surface area (Å²) in [4.78, 5) is 39.9. The molecule has 0 saturated carbocycles. The number of quaternary nitrogens is 1. The van der Waals surface area contributed by atoms with E-state index >= 15 is 0 Å². The van der Waals surface area contributed by atoms with Gasteiger partial charge in [-0.25, -0.2) is 0 Å². The summed E-state index contributed by atoms with van der Waals surface area (Å²) in [6.45, 7) is 6.55. The fourth-order valence-electron chi connectivity index (χ4n) is 8.23. The summed E-state index contributed by atoms with van der Waals surface area (Å²) in [5, 5.41) is 3.01. The highest BCUT2D eigenvalue weighted by molar-refractivity contribution is 7.45. The van der Waals surface area contributed by atoms with Crippen molar-refractivity contribution in [3.05, 3.63) is 122 Å². The molecule has 0 spiro atoms. The van der Waals surface area contributed by atoms with Gasteiger partial charge in [-0.3, -0.25) is 14.2 Å². The number of esters is 1. The van der Waals surface area contributed by atoms with Crippen molar-refractivity contribution in [2.45, 2.75) is 251 Å². The average molecular weight is 1090 g/mol. The van der Waals surface area contributed by atoms with Gasteiger partial charge in [-0.2, -0.15) is 0 Å². The molecule has 0 saturated heterocycles. The number of rotatable bonds is 54. The third-order valence-electron chi connectivity index (χ3n) is 12.9. The highest BCUT2D eigenvalue weighted by atomic mass is 31.2. The third-order valence-corrected chi connectivity index (χ3v) is 13.9. The summed E-state index contributed by atoms with van der Waals surface area (Å²) in [5.74, 6) is -0.581. The molecule has 1 N–H and O–H groups in total. The van der Waals surface area contributed by atoms with Crippen molar-refractivity contribution < 1.29 is 37.3 Å². The summed E-state index contributed by atoms with van der Waals surface area (Å²) in [6, 6.07) is -0.909. The van der Waals surface area contributed by atoms with Crippen molar-refractivity contribution in [2.75, 3.05) is 40.9 Å². The first-order valence-corrected chi connectivity index (χ1v) is 32.3. The highest BCUT2D eigenvalue weighted by Crippen LogP contribution is 2.38. The van der Waals surface area contributed by atoms with Crippen molar-refractivity contribution in [1.29, 1.82) is 0 Å². The molecule has 0 aliphatic rings. The zero-order chi connectivity index (χ0) is 56.4. The summed E-state index contributed by atoms with van der Waals surface area (Å²) >= 11 is 0. The number of nitrogens with zero attached hydrogens (tertiary/aromatic N) is 1. The molecule has 1 amide bonds. The van der Waals surface area contributed by atoms with Gasteiger partial charge in [-0.1, -0.05) is 245 Å². The zero-order valence-corrected chi connectivity index (χ0v) is 51.0. The van der Waals surface area contributed by atoms with Crippen LogP contribution in [-0.2, 0) is 27.9 Å². The molecule has 0 rings (SSSR count). The molecule has 0 fully saturated rings. The number of amides is 1. The third kappa shape index (κ3) is 56.9. The second kappa shape index (κ2) is 55.7. The van der Waals surface area contributed by atoms with Crippen LogP contribution < -0.4 is 10.2 Å². The van der Waals surface area contributed by atoms with Gasteiger partial charge in [0.1, 0.15) is 19.3 Å². The standard InChI is InChI=1S/C67H115N2O7P/c1-7-10-13-16-19-22-25-27-29-30-31-32-33-34-35-36-37-38-40-42-45-48-51-54-57-60-67(71)76-65(58-55-52-49-46-43-24-21-18-15-12-9-3)64(63-75-77(72,73)74-62-61-69(4,5)6)68-66(70)59-56-53-50-47-44-41-39-28-26-23-20-17-14-11-8-2/h10-11,13-14,17,19-20,22-23,26-27,29,31-32,34-35,37-38,55,58,64-65H,7-9,12,15-16,18,21,24-25,28,30,33,36,39-54,56-57,59-63H2,1-6H3,(H-,68,70,72,73)/b13-10-,14-11+,20-17+,22-19-,26-23+,29-27-,32-31-,35-34-,38-37-,58-55-. The molecule has 0 heterocycles. The van der Waals surface area contributed by atoms with Gasteiger partial charge in [-0.15, -0.1) is 0 Å². The maximum atomic E-state index is 13.5. The van der Waals surface area contributed by atoms with Gasteiger partial charge in [0.15, 0.2) is 0 Å². The quantitative estimate of drug-likeness (QED) is 0.0161. The van der Waals surface area contributed by atoms with Gasteiger partial charge in [0.25, 0.3) is 7.82 Å². The summed E-state index contributed by atoms with van der Waals surface area (Å²) in [6.07, 6.45) is 77.4. The Morgan fingerprint density at radius 3 is 1.39 bits per heavy atom. The normalized spacial score (nSPS) is 14.5. The molecule has 0 aliphatic carbocycles. The van der Waals surface area contributed by atoms with Gasteiger partial charge in [0.2, 0.25) is 5.91 Å². The number of hydrogen-bond acceptors (Lipinski definition) is 7. The molecule has 10 heteroatoms. The Kier molecular flexibility index (Phi) is 53.1. The van der Waals surface area contributed by atoms with Crippen molar-refractivity contribution in [3.63, 3.8) is 0 Å². The lowest BCUT2D eigenvalue weighted by Gasteiger charge is -2.30. The highest BCUT2D eigenvalue weighted by Gasteiger charge is 2.27. The van der Waals surface area contributed by atoms with E-state index < -0.39 is 26.6 Å². The number of carbonyl (C=O) groups excluding carboxylic acids is 2. The number of nitrogens with one attached hydrogen (secondary N) is 1. The van der Waals surface area contributed by atoms with E-state index in [2.05, 4.69) is 135 Å². The molecule has 440 valence electrons. The van der Waals surface area contributed by atoms with Crippen LogP contribution >= 0.6 is 7.82 Å². The molecular formula is C67H115N2O7P. The van der Waals surface area contributed by atoms with Crippen LogP contribution in [0.5, 0.6) is 0 Å². The van der Waals surface area contributed by atoms with E-state index in [-0.39, 0.29) is 24.9 Å². The number of ether oxygens (including phenoxy) is 1. The van der Waals surface area contributed by atoms with E-state index in [9.17, 15) is 19.0 Å². The molecule has 3 atom stereocenters. The molecule has 0 aromatic heterocycles. The lowest BCUT2D eigenvalue weighted by Crippen LogP contribution is -2.47. The molecule has 0 aromatic rings. The van der Waals surface area contributed by atoms with Crippen molar-refractivity contribution >= 4 is 19.7 Å². The first-order chi connectivity index (χ1) is 37.4. The summed E-state index contributed by atoms with van der Waals surface area (Å²) in [7, 11) is 1.15. The Morgan fingerprint density at radius 2 is 0.896 bits per heavy atom. The number of likely N-dealkylation sites (N-methyl/N-ethyl adjacent to an activating group) is 1. The number of hydrogen-bond donors (Lipinski definition) is 1. The molecule has 77 heavy (non-hydrogen) atoms. The van der Waals surface area contributed by atoms with E-state index in [1.807, 2.05) is 33.3 Å². The maximum Gasteiger partial charge on any atom is 0.306 e. The molecule has 0 radical (unpaired) electrons. The second-order valence-electron chi connectivity index (χ2n) is 21.5. The fourth-order valence-corrected chi connectivity index (χ4v) is 8.95. The van der Waals surface area contributed by atoms with Crippen molar-refractivity contribution in [3.8, 4) is 0 Å². The number of carbonyl (C=O) groups is 2. The van der Waals surface area contributed by atoms with E-state index in [1.165, 1.54) is 64.2 Å². The van der Waals surface area contributed by atoms with Crippen LogP contribution in [0.25, 0.3) is 0 Å². The second-order valence-corrected chi connectivity index (χ2v) is 22.9. The Morgan fingerprint density at radius 1 is 0.481 bits per heavy atom. The largest absolute Gasteiger partial charge is 0.756 e. The number of phosphoric ester groups is 1. The monoisotopic (exact) mass is 1090 g/mol. The first-order valence-electron chi connectivity index (χ1n) is 30.9. The van der Waals surface area contributed by atoms with Crippen molar-refractivity contribution in [2.24, 2.45) is 0 Å². The minimum Gasteiger partial charge on any atom is -0.756 e. The minimum atomic E-state index is -4.71. The summed E-state index contributed by atoms with van der Waals surface area (Å²) in [5.41, 5.74) is 0. The lowest BCUT2D eigenvalue weighted by atomic mass is 10.1. The zero-order valence-electron chi connectivity index (χ0n) is 50.1. The van der Waals surface area contributed by atoms with E-state index in [0.717, 1.165) is 135 Å². The molecular weight excluding hydrogens is 976 g/mol. The predicted molar refractivity (Wildman–Crippen MR) is 330 cm³/mol.